The molecule has 142 valence electrons. The van der Waals surface area contributed by atoms with Gasteiger partial charge in [0, 0.05) is 29.0 Å². The molecule has 0 radical (unpaired) electrons. The monoisotopic (exact) mass is 367 g/mol. The lowest BCUT2D eigenvalue weighted by molar-refractivity contribution is -0.114. The number of amides is 2. The number of hydrogen-bond acceptors (Lipinski definition) is 4. The van der Waals surface area contributed by atoms with Crippen molar-refractivity contribution in [2.75, 3.05) is 23.8 Å². The molecule has 0 aromatic heterocycles. The van der Waals surface area contributed by atoms with Crippen molar-refractivity contribution < 1.29 is 14.3 Å². The maximum absolute atomic E-state index is 12.2. The summed E-state index contributed by atoms with van der Waals surface area (Å²) in [4.78, 5) is 24.2. The second-order valence-electron chi connectivity index (χ2n) is 6.24. The molecule has 0 unspecified atom stereocenters. The fraction of sp³-hybridized carbons (Fsp3) is 0.238. The molecular formula is C21H25N3O3. The number of ether oxygens (including phenoxy) is 1. The Morgan fingerprint density at radius 3 is 2.59 bits per heavy atom. The molecule has 6 heteroatoms. The van der Waals surface area contributed by atoms with E-state index in [4.69, 9.17) is 4.74 Å². The zero-order chi connectivity index (χ0) is 19.6. The Kier molecular flexibility index (Phi) is 7.43. The Morgan fingerprint density at radius 2 is 1.85 bits per heavy atom. The minimum absolute atomic E-state index is 0.0612. The van der Waals surface area contributed by atoms with Crippen LogP contribution in [0.3, 0.4) is 0 Å². The second kappa shape index (κ2) is 10.0. The number of carbonyl (C=O) groups excluding carboxylic acids is 2. The van der Waals surface area contributed by atoms with E-state index in [1.165, 1.54) is 0 Å². The first-order chi connectivity index (χ1) is 13.0. The Labute approximate surface area is 159 Å². The molecule has 2 aromatic rings. The first-order valence-electron chi connectivity index (χ1n) is 8.76. The van der Waals surface area contributed by atoms with Gasteiger partial charge in [-0.25, -0.2) is 0 Å². The zero-order valence-electron chi connectivity index (χ0n) is 15.6. The van der Waals surface area contributed by atoms with Crippen LogP contribution < -0.4 is 20.7 Å². The molecule has 0 heterocycles. The van der Waals surface area contributed by atoms with Gasteiger partial charge < -0.3 is 20.7 Å². The van der Waals surface area contributed by atoms with Crippen LogP contribution in [0.25, 0.3) is 0 Å². The Morgan fingerprint density at radius 1 is 1.11 bits per heavy atom. The van der Waals surface area contributed by atoms with Gasteiger partial charge in [-0.1, -0.05) is 24.8 Å². The fourth-order valence-electron chi connectivity index (χ4n) is 2.32. The Bertz CT molecular complexity index is 803. The van der Waals surface area contributed by atoms with Gasteiger partial charge in [-0.2, -0.15) is 0 Å². The molecule has 0 fully saturated rings. The second-order valence-corrected chi connectivity index (χ2v) is 6.24. The van der Waals surface area contributed by atoms with Crippen molar-refractivity contribution in [1.29, 1.82) is 0 Å². The number of rotatable bonds is 9. The summed E-state index contributed by atoms with van der Waals surface area (Å²) in [6, 6.07) is 14.2. The lowest BCUT2D eigenvalue weighted by Crippen LogP contribution is -2.30. The van der Waals surface area contributed by atoms with Gasteiger partial charge in [0.25, 0.3) is 5.91 Å². The van der Waals surface area contributed by atoms with E-state index in [9.17, 15) is 9.59 Å². The van der Waals surface area contributed by atoms with Crippen LogP contribution in [0.4, 0.5) is 11.4 Å². The van der Waals surface area contributed by atoms with Crippen LogP contribution in [-0.2, 0) is 4.79 Å². The quantitative estimate of drug-likeness (QED) is 0.593. The van der Waals surface area contributed by atoms with Crippen molar-refractivity contribution in [2.45, 2.75) is 19.9 Å². The zero-order valence-corrected chi connectivity index (χ0v) is 15.6. The van der Waals surface area contributed by atoms with Gasteiger partial charge in [0.15, 0.2) is 0 Å². The van der Waals surface area contributed by atoms with Gasteiger partial charge in [-0.15, -0.1) is 0 Å². The van der Waals surface area contributed by atoms with Gasteiger partial charge in [-0.3, -0.25) is 9.59 Å². The highest BCUT2D eigenvalue weighted by atomic mass is 16.5. The van der Waals surface area contributed by atoms with Crippen LogP contribution in [0, 0.1) is 0 Å². The van der Waals surface area contributed by atoms with E-state index < -0.39 is 0 Å². The van der Waals surface area contributed by atoms with Gasteiger partial charge in [-0.05, 0) is 44.2 Å². The largest absolute Gasteiger partial charge is 0.489 e. The van der Waals surface area contributed by atoms with Crippen molar-refractivity contribution in [3.05, 3.63) is 66.7 Å². The molecule has 0 bridgehead atoms. The van der Waals surface area contributed by atoms with E-state index in [1.54, 1.807) is 42.5 Å². The standard InChI is InChI=1S/C21H25N3O3/c1-4-11-27-19-10-6-9-18(13-19)24-20(25)14-22-17-8-5-7-16(12-17)21(26)23-15(2)3/h4-10,12-13,15,22H,1,11,14H2,2-3H3,(H,23,26)(H,24,25). The third-order valence-electron chi connectivity index (χ3n) is 3.48. The van der Waals surface area contributed by atoms with Gasteiger partial charge >= 0.3 is 0 Å². The molecule has 0 aliphatic heterocycles. The number of anilines is 2. The molecule has 2 rings (SSSR count). The van der Waals surface area contributed by atoms with E-state index in [0.29, 0.717) is 29.3 Å². The Balaban J connectivity index is 1.90. The molecule has 2 amide bonds. The predicted molar refractivity (Wildman–Crippen MR) is 108 cm³/mol. The van der Waals surface area contributed by atoms with Crippen molar-refractivity contribution in [2.24, 2.45) is 0 Å². The molecule has 0 aliphatic carbocycles. The van der Waals surface area contributed by atoms with E-state index in [-0.39, 0.29) is 24.4 Å². The maximum atomic E-state index is 12.2. The van der Waals surface area contributed by atoms with Crippen molar-refractivity contribution >= 4 is 23.2 Å². The molecular weight excluding hydrogens is 342 g/mol. The predicted octanol–water partition coefficient (Wildman–Crippen LogP) is 3.44. The van der Waals surface area contributed by atoms with Crippen molar-refractivity contribution in [1.82, 2.24) is 5.32 Å². The third kappa shape index (κ3) is 6.86. The highest BCUT2D eigenvalue weighted by Crippen LogP contribution is 2.17. The topological polar surface area (TPSA) is 79.5 Å². The lowest BCUT2D eigenvalue weighted by atomic mass is 10.1. The third-order valence-corrected chi connectivity index (χ3v) is 3.48. The van der Waals surface area contributed by atoms with E-state index in [0.717, 1.165) is 0 Å². The average molecular weight is 367 g/mol. The van der Waals surface area contributed by atoms with E-state index in [1.807, 2.05) is 26.0 Å². The molecule has 0 saturated heterocycles. The van der Waals surface area contributed by atoms with Crippen LogP contribution in [0.2, 0.25) is 0 Å². The molecule has 3 N–H and O–H groups in total. The lowest BCUT2D eigenvalue weighted by Gasteiger charge is -2.11. The smallest absolute Gasteiger partial charge is 0.251 e. The van der Waals surface area contributed by atoms with Crippen LogP contribution >= 0.6 is 0 Å². The van der Waals surface area contributed by atoms with Crippen LogP contribution in [0.1, 0.15) is 24.2 Å². The normalized spacial score (nSPS) is 10.2. The number of benzene rings is 2. The molecule has 27 heavy (non-hydrogen) atoms. The molecule has 0 aliphatic rings. The van der Waals surface area contributed by atoms with E-state index >= 15 is 0 Å². The first-order valence-corrected chi connectivity index (χ1v) is 8.76. The van der Waals surface area contributed by atoms with E-state index in [2.05, 4.69) is 22.5 Å². The van der Waals surface area contributed by atoms with Gasteiger partial charge in [0.1, 0.15) is 12.4 Å². The average Bonchev–Trinajstić information content (AvgIpc) is 2.65. The summed E-state index contributed by atoms with van der Waals surface area (Å²) in [5.41, 5.74) is 1.89. The fourth-order valence-corrected chi connectivity index (χ4v) is 2.32. The molecule has 0 atom stereocenters. The SMILES string of the molecule is C=CCOc1cccc(NC(=O)CNc2cccc(C(=O)NC(C)C)c2)c1. The molecule has 0 saturated carbocycles. The minimum atomic E-state index is -0.201. The minimum Gasteiger partial charge on any atom is -0.489 e. The number of carbonyl (C=O) groups is 2. The first kappa shape index (κ1) is 20.0. The molecule has 6 nitrogen and oxygen atoms in total. The molecule has 0 spiro atoms. The summed E-state index contributed by atoms with van der Waals surface area (Å²) in [6.45, 7) is 7.89. The summed E-state index contributed by atoms with van der Waals surface area (Å²) in [5.74, 6) is 0.312. The summed E-state index contributed by atoms with van der Waals surface area (Å²) < 4.78 is 5.45. The van der Waals surface area contributed by atoms with Crippen LogP contribution in [0.5, 0.6) is 5.75 Å². The number of nitrogens with one attached hydrogen (secondary N) is 3. The highest BCUT2D eigenvalue weighted by Gasteiger charge is 2.08. The highest BCUT2D eigenvalue weighted by molar-refractivity contribution is 5.96. The van der Waals surface area contributed by atoms with Gasteiger partial charge in [0.05, 0.1) is 6.54 Å². The summed E-state index contributed by atoms with van der Waals surface area (Å²) in [7, 11) is 0. The van der Waals surface area contributed by atoms with Crippen LogP contribution in [-0.4, -0.2) is 31.0 Å². The van der Waals surface area contributed by atoms with Crippen molar-refractivity contribution in [3.8, 4) is 5.75 Å². The number of hydrogen-bond donors (Lipinski definition) is 3. The summed E-state index contributed by atoms with van der Waals surface area (Å²) >= 11 is 0. The summed E-state index contributed by atoms with van der Waals surface area (Å²) in [6.07, 6.45) is 1.66. The maximum Gasteiger partial charge on any atom is 0.251 e. The Hall–Kier alpha value is -3.28. The van der Waals surface area contributed by atoms with Crippen molar-refractivity contribution in [3.63, 3.8) is 0 Å². The van der Waals surface area contributed by atoms with Gasteiger partial charge in [0.2, 0.25) is 5.91 Å². The molecule has 2 aromatic carbocycles. The summed E-state index contributed by atoms with van der Waals surface area (Å²) in [5, 5.41) is 8.67. The van der Waals surface area contributed by atoms with Crippen LogP contribution in [0.15, 0.2) is 61.2 Å².